The van der Waals surface area contributed by atoms with Crippen molar-refractivity contribution < 1.29 is 0 Å². The third kappa shape index (κ3) is 5.55. The number of anilines is 1. The minimum absolute atomic E-state index is 0.368. The summed E-state index contributed by atoms with van der Waals surface area (Å²) < 4.78 is 3.78. The van der Waals surface area contributed by atoms with Gasteiger partial charge in [0.2, 0.25) is 0 Å². The van der Waals surface area contributed by atoms with Crippen LogP contribution < -0.4 is 5.32 Å². The number of rotatable bonds is 7. The molecule has 0 atom stereocenters. The first kappa shape index (κ1) is 30.0. The Labute approximate surface area is 296 Å². The summed E-state index contributed by atoms with van der Waals surface area (Å²) >= 11 is 0. The van der Waals surface area contributed by atoms with Crippen molar-refractivity contribution in [1.82, 2.24) is 19.6 Å². The topological polar surface area (TPSA) is 71.5 Å². The molecule has 6 aromatic carbocycles. The van der Waals surface area contributed by atoms with E-state index in [9.17, 15) is 5.41 Å². The van der Waals surface area contributed by atoms with E-state index in [0.29, 0.717) is 11.5 Å². The van der Waals surface area contributed by atoms with E-state index in [0.717, 1.165) is 73.1 Å². The van der Waals surface area contributed by atoms with Gasteiger partial charge < -0.3 is 10.7 Å². The molecule has 3 heterocycles. The van der Waals surface area contributed by atoms with Crippen LogP contribution in [0.5, 0.6) is 0 Å². The van der Waals surface area contributed by atoms with Crippen molar-refractivity contribution in [3.8, 4) is 61.7 Å². The molecular formula is C45H32N6. The van der Waals surface area contributed by atoms with Crippen molar-refractivity contribution in [2.24, 2.45) is 0 Å². The van der Waals surface area contributed by atoms with Crippen LogP contribution >= 0.6 is 0 Å². The molecule has 9 rings (SSSR count). The normalized spacial score (nSPS) is 12.6. The second-order valence-corrected chi connectivity index (χ2v) is 12.4. The Morgan fingerprint density at radius 1 is 0.471 bits per heavy atom. The number of benzene rings is 6. The number of nitrogens with zero attached hydrogens (tertiary/aromatic N) is 4. The highest BCUT2D eigenvalue weighted by molar-refractivity contribution is 6.13. The maximum atomic E-state index is 9.38. The predicted octanol–water partition coefficient (Wildman–Crippen LogP) is 10.7. The van der Waals surface area contributed by atoms with Crippen LogP contribution in [-0.2, 0) is 0 Å². The third-order valence-corrected chi connectivity index (χ3v) is 9.26. The molecule has 6 heteroatoms. The van der Waals surface area contributed by atoms with E-state index >= 15 is 0 Å². The highest BCUT2D eigenvalue weighted by Crippen LogP contribution is 2.38. The molecule has 0 radical (unpaired) electrons. The molecule has 0 spiro atoms. The molecule has 0 amide bonds. The van der Waals surface area contributed by atoms with Crippen LogP contribution in [-0.4, -0.2) is 25.3 Å². The molecule has 0 bridgehead atoms. The number of hydrogen-bond acceptors (Lipinski definition) is 4. The number of aromatic nitrogens is 4. The van der Waals surface area contributed by atoms with Gasteiger partial charge in [-0.15, -0.1) is 0 Å². The van der Waals surface area contributed by atoms with Gasteiger partial charge in [0.25, 0.3) is 0 Å². The summed E-state index contributed by atoms with van der Waals surface area (Å²) in [7, 11) is 0. The van der Waals surface area contributed by atoms with E-state index < -0.39 is 0 Å². The Bertz CT molecular complexity index is 2560. The Kier molecular flexibility index (Phi) is 7.52. The van der Waals surface area contributed by atoms with Gasteiger partial charge in [0.15, 0.2) is 5.82 Å². The average Bonchev–Trinajstić information content (AvgIpc) is 3.84. The molecule has 51 heavy (non-hydrogen) atoms. The van der Waals surface area contributed by atoms with Crippen LogP contribution in [0.1, 0.15) is 5.56 Å². The summed E-state index contributed by atoms with van der Waals surface area (Å²) in [5.41, 5.74) is 11.4. The maximum absolute atomic E-state index is 9.38. The molecule has 0 unspecified atom stereocenters. The lowest BCUT2D eigenvalue weighted by Crippen LogP contribution is -2.22. The van der Waals surface area contributed by atoms with E-state index in [1.807, 2.05) is 76.1 Å². The SMILES string of the molecule is N=C(/C=C1\Nc2cc(-c3ccccc3-c3ccccc3)nn2-c2cc(-c3ccccc3-c3ccccc3)nn21)c1ccccc1-c1ccccc1. The van der Waals surface area contributed by atoms with Crippen molar-refractivity contribution >= 4 is 17.4 Å². The third-order valence-electron chi connectivity index (χ3n) is 9.26. The highest BCUT2D eigenvalue weighted by atomic mass is 15.5. The van der Waals surface area contributed by atoms with E-state index in [2.05, 4.69) is 121 Å². The molecule has 0 fully saturated rings. The zero-order valence-corrected chi connectivity index (χ0v) is 27.6. The van der Waals surface area contributed by atoms with Crippen LogP contribution in [0, 0.1) is 5.41 Å². The number of nitrogens with one attached hydrogen (secondary N) is 2. The lowest BCUT2D eigenvalue weighted by atomic mass is 9.96. The molecule has 242 valence electrons. The fourth-order valence-corrected chi connectivity index (χ4v) is 6.84. The summed E-state index contributed by atoms with van der Waals surface area (Å²) in [5, 5.41) is 23.3. The second-order valence-electron chi connectivity index (χ2n) is 12.4. The van der Waals surface area contributed by atoms with Crippen LogP contribution in [0.4, 0.5) is 5.82 Å². The molecule has 2 N–H and O–H groups in total. The van der Waals surface area contributed by atoms with E-state index in [1.54, 1.807) is 0 Å². The van der Waals surface area contributed by atoms with Gasteiger partial charge in [-0.25, -0.2) is 0 Å². The van der Waals surface area contributed by atoms with Crippen LogP contribution in [0.15, 0.2) is 182 Å². The van der Waals surface area contributed by atoms with Crippen LogP contribution in [0.25, 0.3) is 67.5 Å². The van der Waals surface area contributed by atoms with Gasteiger partial charge in [0, 0.05) is 34.9 Å². The smallest absolute Gasteiger partial charge is 0.161 e. The standard InChI is InChI=1S/C45H32N6/c46-40(37-25-13-10-22-34(37)31-16-4-1-5-17-31)28-43-47-44-29-41(38-26-14-11-23-35(38)32-18-6-2-7-19-32)48-51(44)45-30-42(49-50(43)45)39-27-15-12-24-36(39)33-20-8-3-9-21-33/h1-30,46-47H/b43-28+,46-40?. The van der Waals surface area contributed by atoms with Gasteiger partial charge in [0.05, 0.1) is 17.1 Å². The van der Waals surface area contributed by atoms with Crippen molar-refractivity contribution in [1.29, 1.82) is 5.41 Å². The molecule has 0 aliphatic carbocycles. The Hall–Kier alpha value is -7.05. The molecular weight excluding hydrogens is 625 g/mol. The molecule has 1 aliphatic heterocycles. The summed E-state index contributed by atoms with van der Waals surface area (Å²) in [6, 6.07) is 59.9. The Morgan fingerprint density at radius 2 is 0.902 bits per heavy atom. The molecule has 0 saturated heterocycles. The first-order valence-electron chi connectivity index (χ1n) is 16.9. The quantitative estimate of drug-likeness (QED) is 0.168. The Morgan fingerprint density at radius 3 is 1.47 bits per heavy atom. The summed E-state index contributed by atoms with van der Waals surface area (Å²) in [5.74, 6) is 2.23. The maximum Gasteiger partial charge on any atom is 0.161 e. The van der Waals surface area contributed by atoms with E-state index in [4.69, 9.17) is 10.2 Å². The minimum atomic E-state index is 0.368. The molecule has 1 aliphatic rings. The summed E-state index contributed by atoms with van der Waals surface area (Å²) in [6.07, 6.45) is 1.86. The zero-order chi connectivity index (χ0) is 34.1. The van der Waals surface area contributed by atoms with Gasteiger partial charge in [-0.3, -0.25) is 0 Å². The van der Waals surface area contributed by atoms with Crippen LogP contribution in [0.3, 0.4) is 0 Å². The van der Waals surface area contributed by atoms with Gasteiger partial charge in [-0.1, -0.05) is 164 Å². The van der Waals surface area contributed by atoms with Gasteiger partial charge in [-0.05, 0) is 33.4 Å². The van der Waals surface area contributed by atoms with E-state index in [1.165, 1.54) is 0 Å². The van der Waals surface area contributed by atoms with Crippen molar-refractivity contribution in [3.63, 3.8) is 0 Å². The number of allylic oxidation sites excluding steroid dienone is 1. The lowest BCUT2D eigenvalue weighted by Gasteiger charge is -2.21. The molecule has 0 saturated carbocycles. The highest BCUT2D eigenvalue weighted by Gasteiger charge is 2.27. The molecule has 2 aromatic heterocycles. The minimum Gasteiger partial charge on any atom is -0.325 e. The lowest BCUT2D eigenvalue weighted by molar-refractivity contribution is 0.758. The first-order chi connectivity index (χ1) is 25.2. The largest absolute Gasteiger partial charge is 0.325 e. The fourth-order valence-electron chi connectivity index (χ4n) is 6.84. The van der Waals surface area contributed by atoms with Crippen molar-refractivity contribution in [3.05, 3.63) is 188 Å². The summed E-state index contributed by atoms with van der Waals surface area (Å²) in [4.78, 5) is 0. The van der Waals surface area contributed by atoms with Crippen molar-refractivity contribution in [2.75, 3.05) is 5.32 Å². The van der Waals surface area contributed by atoms with Crippen LogP contribution in [0.2, 0.25) is 0 Å². The Balaban J connectivity index is 1.20. The molecule has 8 aromatic rings. The van der Waals surface area contributed by atoms with Gasteiger partial charge >= 0.3 is 0 Å². The van der Waals surface area contributed by atoms with E-state index in [-0.39, 0.29) is 0 Å². The zero-order valence-electron chi connectivity index (χ0n) is 27.6. The van der Waals surface area contributed by atoms with Crippen molar-refractivity contribution in [2.45, 2.75) is 0 Å². The monoisotopic (exact) mass is 656 g/mol. The fraction of sp³-hybridized carbons (Fsp3) is 0. The average molecular weight is 657 g/mol. The summed E-state index contributed by atoms with van der Waals surface area (Å²) in [6.45, 7) is 0. The van der Waals surface area contributed by atoms with Gasteiger partial charge in [-0.2, -0.15) is 19.6 Å². The second kappa shape index (κ2) is 12.8. The van der Waals surface area contributed by atoms with Gasteiger partial charge in [0.1, 0.15) is 11.6 Å². The molecule has 6 nitrogen and oxygen atoms in total. The first-order valence-corrected chi connectivity index (χ1v) is 16.9. The number of fused-ring (bicyclic) bond motifs is 3. The predicted molar refractivity (Wildman–Crippen MR) is 208 cm³/mol. The number of hydrogen-bond donors (Lipinski definition) is 2.